The highest BCUT2D eigenvalue weighted by atomic mass is 13.7. The second-order valence-corrected chi connectivity index (χ2v) is 1.83. The van der Waals surface area contributed by atoms with E-state index in [1.54, 1.807) is 6.08 Å². The molecule has 0 aromatic heterocycles. The summed E-state index contributed by atoms with van der Waals surface area (Å²) in [7, 11) is 0. The van der Waals surface area contributed by atoms with Gasteiger partial charge in [-0.3, -0.25) is 0 Å². The molecule has 0 unspecified atom stereocenters. The first-order chi connectivity index (χ1) is 4.27. The van der Waals surface area contributed by atoms with E-state index in [9.17, 15) is 0 Å². The third-order valence-corrected chi connectivity index (χ3v) is 0.739. The van der Waals surface area contributed by atoms with Gasteiger partial charge in [0.1, 0.15) is 0 Å². The van der Waals surface area contributed by atoms with E-state index in [4.69, 9.17) is 0 Å². The van der Waals surface area contributed by atoms with Crippen molar-refractivity contribution < 1.29 is 0 Å². The Bertz CT molecular complexity index is 147. The summed E-state index contributed by atoms with van der Waals surface area (Å²) >= 11 is 0. The van der Waals surface area contributed by atoms with Crippen LogP contribution < -0.4 is 0 Å². The van der Waals surface area contributed by atoms with Crippen LogP contribution in [0.25, 0.3) is 0 Å². The number of rotatable bonds is 3. The van der Waals surface area contributed by atoms with Gasteiger partial charge in [0.2, 0.25) is 0 Å². The first kappa shape index (κ1) is 7.96. The van der Waals surface area contributed by atoms with E-state index in [1.165, 1.54) is 0 Å². The molecule has 0 radical (unpaired) electrons. The van der Waals surface area contributed by atoms with Crippen molar-refractivity contribution in [3.05, 3.63) is 49.1 Å². The number of allylic oxidation sites excluding steroid dienone is 6. The van der Waals surface area contributed by atoms with Gasteiger partial charge in [0, 0.05) is 0 Å². The molecule has 0 aromatic carbocycles. The standard InChI is InChI=1S/C9H12/c1-4-5-6-7-8-9(2)3/h4-8H,1-2H2,3H3/b6-5+,8-7+. The Hall–Kier alpha value is -1.04. The van der Waals surface area contributed by atoms with Crippen molar-refractivity contribution in [2.75, 3.05) is 0 Å². The van der Waals surface area contributed by atoms with Gasteiger partial charge < -0.3 is 0 Å². The quantitative estimate of drug-likeness (QED) is 0.502. The summed E-state index contributed by atoms with van der Waals surface area (Å²) in [5, 5.41) is 0. The summed E-state index contributed by atoms with van der Waals surface area (Å²) in [6, 6.07) is 0. The molecular weight excluding hydrogens is 108 g/mol. The molecule has 0 saturated carbocycles. The van der Waals surface area contributed by atoms with Crippen molar-refractivity contribution in [3.63, 3.8) is 0 Å². The van der Waals surface area contributed by atoms with Gasteiger partial charge in [0.25, 0.3) is 0 Å². The molecule has 0 bridgehead atoms. The summed E-state index contributed by atoms with van der Waals surface area (Å²) in [6.45, 7) is 9.20. The van der Waals surface area contributed by atoms with Crippen LogP contribution in [0, 0.1) is 0 Å². The molecule has 0 fully saturated rings. The van der Waals surface area contributed by atoms with Crippen LogP contribution in [0.4, 0.5) is 0 Å². The van der Waals surface area contributed by atoms with E-state index >= 15 is 0 Å². The van der Waals surface area contributed by atoms with Gasteiger partial charge in [-0.2, -0.15) is 0 Å². The summed E-state index contributed by atoms with van der Waals surface area (Å²) in [5.41, 5.74) is 1.06. The van der Waals surface area contributed by atoms with Crippen molar-refractivity contribution in [1.82, 2.24) is 0 Å². The number of hydrogen-bond acceptors (Lipinski definition) is 0. The average Bonchev–Trinajstić information content (AvgIpc) is 1.80. The Morgan fingerprint density at radius 3 is 2.33 bits per heavy atom. The van der Waals surface area contributed by atoms with E-state index in [0.717, 1.165) is 5.57 Å². The highest BCUT2D eigenvalue weighted by molar-refractivity contribution is 5.18. The zero-order valence-corrected chi connectivity index (χ0v) is 5.80. The van der Waals surface area contributed by atoms with E-state index < -0.39 is 0 Å². The molecule has 0 aliphatic rings. The third kappa shape index (κ3) is 6.96. The first-order valence-electron chi connectivity index (χ1n) is 2.88. The van der Waals surface area contributed by atoms with Crippen LogP contribution in [-0.2, 0) is 0 Å². The van der Waals surface area contributed by atoms with E-state index in [1.807, 2.05) is 31.2 Å². The molecule has 0 saturated heterocycles. The van der Waals surface area contributed by atoms with Gasteiger partial charge in [-0.05, 0) is 6.92 Å². The zero-order chi connectivity index (χ0) is 7.11. The Labute approximate surface area is 56.9 Å². The van der Waals surface area contributed by atoms with Crippen molar-refractivity contribution in [2.24, 2.45) is 0 Å². The first-order valence-corrected chi connectivity index (χ1v) is 2.88. The highest BCUT2D eigenvalue weighted by Gasteiger charge is 1.67. The van der Waals surface area contributed by atoms with Gasteiger partial charge in [-0.25, -0.2) is 0 Å². The summed E-state index contributed by atoms with van der Waals surface area (Å²) in [6.07, 6.45) is 9.41. The fraction of sp³-hybridized carbons (Fsp3) is 0.111. The third-order valence-electron chi connectivity index (χ3n) is 0.739. The summed E-state index contributed by atoms with van der Waals surface area (Å²) < 4.78 is 0. The predicted octanol–water partition coefficient (Wildman–Crippen LogP) is 2.86. The lowest BCUT2D eigenvalue weighted by Gasteiger charge is -1.78. The largest absolute Gasteiger partial charge is 0.0991 e. The average molecular weight is 120 g/mol. The Kier molecular flexibility index (Phi) is 4.51. The fourth-order valence-corrected chi connectivity index (χ4v) is 0.363. The summed E-state index contributed by atoms with van der Waals surface area (Å²) in [5.74, 6) is 0. The molecule has 0 N–H and O–H groups in total. The normalized spacial score (nSPS) is 10.8. The molecule has 0 rings (SSSR count). The van der Waals surface area contributed by atoms with Gasteiger partial charge in [0.15, 0.2) is 0 Å². The minimum Gasteiger partial charge on any atom is -0.0991 e. The molecule has 0 heterocycles. The second-order valence-electron chi connectivity index (χ2n) is 1.83. The molecule has 0 atom stereocenters. The maximum Gasteiger partial charge on any atom is -0.0404 e. The van der Waals surface area contributed by atoms with Crippen molar-refractivity contribution in [3.8, 4) is 0 Å². The molecule has 0 aromatic rings. The van der Waals surface area contributed by atoms with E-state index in [-0.39, 0.29) is 0 Å². The van der Waals surface area contributed by atoms with Gasteiger partial charge >= 0.3 is 0 Å². The lowest BCUT2D eigenvalue weighted by atomic mass is 10.3. The smallest absolute Gasteiger partial charge is 0.0404 e. The van der Waals surface area contributed by atoms with Crippen LogP contribution in [0.1, 0.15) is 6.92 Å². The van der Waals surface area contributed by atoms with Crippen LogP contribution in [0.3, 0.4) is 0 Å². The van der Waals surface area contributed by atoms with Gasteiger partial charge in [0.05, 0.1) is 0 Å². The maximum absolute atomic E-state index is 3.71. The molecule has 0 aliphatic heterocycles. The lowest BCUT2D eigenvalue weighted by molar-refractivity contribution is 1.56. The van der Waals surface area contributed by atoms with Crippen molar-refractivity contribution in [2.45, 2.75) is 6.92 Å². The molecule has 0 amide bonds. The topological polar surface area (TPSA) is 0 Å². The SMILES string of the molecule is C=C/C=C/C=C/C(=C)C. The monoisotopic (exact) mass is 120 g/mol. The Morgan fingerprint density at radius 2 is 1.89 bits per heavy atom. The van der Waals surface area contributed by atoms with Gasteiger partial charge in [-0.15, -0.1) is 0 Å². The van der Waals surface area contributed by atoms with E-state index in [0.29, 0.717) is 0 Å². The fourth-order valence-electron chi connectivity index (χ4n) is 0.363. The van der Waals surface area contributed by atoms with Crippen LogP contribution in [0.15, 0.2) is 49.1 Å². The van der Waals surface area contributed by atoms with Crippen LogP contribution >= 0.6 is 0 Å². The lowest BCUT2D eigenvalue weighted by Crippen LogP contribution is -1.57. The van der Waals surface area contributed by atoms with Crippen LogP contribution in [-0.4, -0.2) is 0 Å². The van der Waals surface area contributed by atoms with Crippen LogP contribution in [0.5, 0.6) is 0 Å². The molecule has 0 nitrogen and oxygen atoms in total. The number of hydrogen-bond donors (Lipinski definition) is 0. The second kappa shape index (κ2) is 5.10. The molecule has 0 aliphatic carbocycles. The molecule has 0 heteroatoms. The Balaban J connectivity index is 3.59. The molecule has 9 heavy (non-hydrogen) atoms. The minimum atomic E-state index is 1.06. The minimum absolute atomic E-state index is 1.06. The van der Waals surface area contributed by atoms with Crippen molar-refractivity contribution >= 4 is 0 Å². The van der Waals surface area contributed by atoms with Gasteiger partial charge in [-0.1, -0.05) is 49.1 Å². The van der Waals surface area contributed by atoms with E-state index in [2.05, 4.69) is 13.2 Å². The maximum atomic E-state index is 3.71. The molecular formula is C9H12. The highest BCUT2D eigenvalue weighted by Crippen LogP contribution is 1.88. The molecule has 48 valence electrons. The zero-order valence-electron chi connectivity index (χ0n) is 5.80. The molecule has 0 spiro atoms. The summed E-state index contributed by atoms with van der Waals surface area (Å²) in [4.78, 5) is 0. The Morgan fingerprint density at radius 1 is 1.22 bits per heavy atom. The van der Waals surface area contributed by atoms with Crippen molar-refractivity contribution in [1.29, 1.82) is 0 Å². The predicted molar refractivity (Wildman–Crippen MR) is 43.3 cm³/mol. The van der Waals surface area contributed by atoms with Crippen LogP contribution in [0.2, 0.25) is 0 Å².